The van der Waals surface area contributed by atoms with E-state index in [1.165, 1.54) is 17.6 Å². The van der Waals surface area contributed by atoms with Crippen LogP contribution >= 0.6 is 0 Å². The van der Waals surface area contributed by atoms with Gasteiger partial charge in [-0.2, -0.15) is 5.10 Å². The van der Waals surface area contributed by atoms with Crippen molar-refractivity contribution in [3.8, 4) is 0 Å². The highest BCUT2D eigenvalue weighted by atomic mass is 16.5. The summed E-state index contributed by atoms with van der Waals surface area (Å²) in [6.45, 7) is 2.28. The number of ether oxygens (including phenoxy) is 1. The smallest absolute Gasteiger partial charge is 0.322 e. The summed E-state index contributed by atoms with van der Waals surface area (Å²) in [5, 5.41) is 9.87. The quantitative estimate of drug-likeness (QED) is 0.718. The van der Waals surface area contributed by atoms with Crippen LogP contribution in [0.3, 0.4) is 0 Å². The molecule has 2 aromatic carbocycles. The van der Waals surface area contributed by atoms with Crippen LogP contribution in [0.4, 0.5) is 21.9 Å². The number of aromatic nitrogens is 3. The van der Waals surface area contributed by atoms with E-state index in [9.17, 15) is 4.79 Å². The van der Waals surface area contributed by atoms with Crippen LogP contribution in [0.2, 0.25) is 0 Å². The monoisotopic (exact) mass is 390 g/mol. The number of anilines is 3. The van der Waals surface area contributed by atoms with Crippen molar-refractivity contribution in [2.45, 2.75) is 12.5 Å². The minimum Gasteiger partial charge on any atom is -0.377 e. The van der Waals surface area contributed by atoms with Crippen molar-refractivity contribution < 1.29 is 9.53 Å². The van der Waals surface area contributed by atoms with Gasteiger partial charge in [0.1, 0.15) is 18.2 Å². The zero-order valence-corrected chi connectivity index (χ0v) is 15.9. The zero-order chi connectivity index (χ0) is 19.6. The highest BCUT2D eigenvalue weighted by molar-refractivity contribution is 5.94. The van der Waals surface area contributed by atoms with Gasteiger partial charge >= 0.3 is 6.03 Å². The number of hydrogen-bond acceptors (Lipinski definition) is 5. The van der Waals surface area contributed by atoms with Crippen LogP contribution in [0, 0.1) is 0 Å². The molecule has 8 heteroatoms. The number of amides is 2. The van der Waals surface area contributed by atoms with E-state index in [1.807, 2.05) is 30.3 Å². The number of H-pyrrole nitrogens is 1. The van der Waals surface area contributed by atoms with E-state index < -0.39 is 0 Å². The highest BCUT2D eigenvalue weighted by Gasteiger charge is 2.31. The molecule has 0 bridgehead atoms. The molecular weight excluding hydrogens is 368 g/mol. The van der Waals surface area contributed by atoms with E-state index in [0.717, 1.165) is 24.3 Å². The van der Waals surface area contributed by atoms with Crippen LogP contribution < -0.4 is 10.2 Å². The zero-order valence-electron chi connectivity index (χ0n) is 15.9. The van der Waals surface area contributed by atoms with Crippen molar-refractivity contribution in [2.75, 3.05) is 36.5 Å². The lowest BCUT2D eigenvalue weighted by Gasteiger charge is -2.34. The average molecular weight is 390 g/mol. The highest BCUT2D eigenvalue weighted by Crippen LogP contribution is 2.38. The van der Waals surface area contributed by atoms with E-state index in [1.54, 1.807) is 4.90 Å². The van der Waals surface area contributed by atoms with Crippen molar-refractivity contribution >= 4 is 23.1 Å². The van der Waals surface area contributed by atoms with E-state index in [2.05, 4.69) is 43.6 Å². The minimum atomic E-state index is -0.286. The first-order chi connectivity index (χ1) is 14.3. The number of carbonyl (C=O) groups excluding carboxylic acids is 1. The predicted molar refractivity (Wildman–Crippen MR) is 109 cm³/mol. The van der Waals surface area contributed by atoms with Gasteiger partial charge in [0.2, 0.25) is 0 Å². The summed E-state index contributed by atoms with van der Waals surface area (Å²) in [5.74, 6) is 0.626. The summed E-state index contributed by atoms with van der Waals surface area (Å²) < 4.78 is 5.56. The summed E-state index contributed by atoms with van der Waals surface area (Å²) in [6.07, 6.45) is 2.44. The van der Waals surface area contributed by atoms with E-state index >= 15 is 0 Å². The first-order valence-electron chi connectivity index (χ1n) is 9.76. The fraction of sp³-hybridized carbons (Fsp3) is 0.286. The minimum absolute atomic E-state index is 0.172. The SMILES string of the molecule is O=C(Nc1ccccc1N1CCc2ccccc21)N1CCOCC1c1ncn[nH]1. The second-order valence-electron chi connectivity index (χ2n) is 7.13. The Labute approximate surface area is 168 Å². The number of aromatic amines is 1. The van der Waals surface area contributed by atoms with Gasteiger partial charge in [-0.1, -0.05) is 30.3 Å². The van der Waals surface area contributed by atoms with Crippen molar-refractivity contribution in [1.29, 1.82) is 0 Å². The Morgan fingerprint density at radius 3 is 2.79 bits per heavy atom. The maximum Gasteiger partial charge on any atom is 0.322 e. The molecule has 5 rings (SSSR count). The first-order valence-corrected chi connectivity index (χ1v) is 9.76. The molecule has 1 aromatic heterocycles. The van der Waals surface area contributed by atoms with Gasteiger partial charge in [-0.3, -0.25) is 5.10 Å². The third-order valence-electron chi connectivity index (χ3n) is 5.46. The van der Waals surface area contributed by atoms with Crippen LogP contribution in [0.1, 0.15) is 17.4 Å². The van der Waals surface area contributed by atoms with Gasteiger partial charge in [0.15, 0.2) is 0 Å². The molecule has 2 N–H and O–H groups in total. The molecule has 0 radical (unpaired) electrons. The number of para-hydroxylation sites is 3. The van der Waals surface area contributed by atoms with E-state index in [-0.39, 0.29) is 12.1 Å². The van der Waals surface area contributed by atoms with Crippen LogP contribution in [0.25, 0.3) is 0 Å². The molecule has 8 nitrogen and oxygen atoms in total. The molecule has 3 aromatic rings. The second-order valence-corrected chi connectivity index (χ2v) is 7.13. The Bertz CT molecular complexity index is 1010. The maximum atomic E-state index is 13.2. The standard InChI is InChI=1S/C21H22N6O2/c28-21(27-11-12-29-13-19(27)20-22-14-23-25-20)24-16-6-2-4-8-18(16)26-10-9-15-5-1-3-7-17(15)26/h1-8,14,19H,9-13H2,(H,24,28)(H,22,23,25). The number of hydrogen-bond donors (Lipinski definition) is 2. The predicted octanol–water partition coefficient (Wildman–Crippen LogP) is 3.10. The van der Waals surface area contributed by atoms with Crippen molar-refractivity contribution in [3.05, 3.63) is 66.2 Å². The number of nitrogens with one attached hydrogen (secondary N) is 2. The van der Waals surface area contributed by atoms with Crippen molar-refractivity contribution in [2.24, 2.45) is 0 Å². The van der Waals surface area contributed by atoms with E-state index in [4.69, 9.17) is 4.74 Å². The third-order valence-corrected chi connectivity index (χ3v) is 5.46. The van der Waals surface area contributed by atoms with Gasteiger partial charge in [-0.25, -0.2) is 9.78 Å². The molecule has 2 aliphatic rings. The number of rotatable bonds is 3. The molecule has 1 unspecified atom stereocenters. The Morgan fingerprint density at radius 2 is 1.93 bits per heavy atom. The molecule has 0 aliphatic carbocycles. The molecule has 0 saturated carbocycles. The summed E-state index contributed by atoms with van der Waals surface area (Å²) in [5.41, 5.74) is 4.31. The van der Waals surface area contributed by atoms with Gasteiger partial charge in [-0.05, 0) is 30.2 Å². The largest absolute Gasteiger partial charge is 0.377 e. The maximum absolute atomic E-state index is 13.2. The van der Waals surface area contributed by atoms with Crippen LogP contribution in [-0.4, -0.2) is 52.4 Å². The lowest BCUT2D eigenvalue weighted by atomic mass is 10.1. The number of benzene rings is 2. The summed E-state index contributed by atoms with van der Waals surface area (Å²) in [6, 6.07) is 15.9. The summed E-state index contributed by atoms with van der Waals surface area (Å²) >= 11 is 0. The molecule has 148 valence electrons. The number of fused-ring (bicyclic) bond motifs is 1. The first kappa shape index (κ1) is 17.7. The number of morpholine rings is 1. The van der Waals surface area contributed by atoms with Gasteiger partial charge < -0.3 is 19.9 Å². The molecular formula is C21H22N6O2. The lowest BCUT2D eigenvalue weighted by molar-refractivity contribution is 0.0118. The fourth-order valence-corrected chi connectivity index (χ4v) is 4.04. The van der Waals surface area contributed by atoms with Gasteiger partial charge in [0, 0.05) is 18.8 Å². The summed E-state index contributed by atoms with van der Waals surface area (Å²) in [7, 11) is 0. The lowest BCUT2D eigenvalue weighted by Crippen LogP contribution is -2.46. The fourth-order valence-electron chi connectivity index (χ4n) is 4.04. The number of carbonyl (C=O) groups is 1. The second kappa shape index (κ2) is 7.56. The molecule has 29 heavy (non-hydrogen) atoms. The van der Waals surface area contributed by atoms with Crippen LogP contribution in [-0.2, 0) is 11.2 Å². The Balaban J connectivity index is 1.41. The molecule has 1 fully saturated rings. The van der Waals surface area contributed by atoms with Crippen LogP contribution in [0.5, 0.6) is 0 Å². The van der Waals surface area contributed by atoms with Crippen molar-refractivity contribution in [1.82, 2.24) is 20.1 Å². The molecule has 0 spiro atoms. The van der Waals surface area contributed by atoms with Crippen LogP contribution in [0.15, 0.2) is 54.9 Å². The summed E-state index contributed by atoms with van der Waals surface area (Å²) in [4.78, 5) is 21.4. The molecule has 1 saturated heterocycles. The van der Waals surface area contributed by atoms with E-state index in [0.29, 0.717) is 25.6 Å². The molecule has 2 aliphatic heterocycles. The number of urea groups is 1. The Hall–Kier alpha value is -3.39. The van der Waals surface area contributed by atoms with Gasteiger partial charge in [0.05, 0.1) is 24.6 Å². The average Bonchev–Trinajstić information content (AvgIpc) is 3.44. The Morgan fingerprint density at radius 1 is 1.10 bits per heavy atom. The van der Waals surface area contributed by atoms with Gasteiger partial charge in [-0.15, -0.1) is 0 Å². The Kier molecular flexibility index (Phi) is 4.61. The molecule has 2 amide bonds. The molecule has 1 atom stereocenters. The molecule has 3 heterocycles. The topological polar surface area (TPSA) is 86.4 Å². The third kappa shape index (κ3) is 3.31. The number of nitrogens with zero attached hydrogens (tertiary/aromatic N) is 4. The van der Waals surface area contributed by atoms with Crippen molar-refractivity contribution in [3.63, 3.8) is 0 Å². The normalized spacial score (nSPS) is 18.6. The van der Waals surface area contributed by atoms with Gasteiger partial charge in [0.25, 0.3) is 0 Å².